The van der Waals surface area contributed by atoms with Gasteiger partial charge in [0, 0.05) is 7.11 Å². The van der Waals surface area contributed by atoms with Crippen molar-refractivity contribution in [3.8, 4) is 0 Å². The Morgan fingerprint density at radius 1 is 1.19 bits per heavy atom. The first kappa shape index (κ1) is 12.7. The van der Waals surface area contributed by atoms with Gasteiger partial charge in [0.2, 0.25) is 0 Å². The van der Waals surface area contributed by atoms with E-state index in [9.17, 15) is 0 Å². The summed E-state index contributed by atoms with van der Waals surface area (Å²) in [6.07, 6.45) is 1.99. The standard InChI is InChI=1S/C13H19NO2/c1-4-5-13(14-16-3)12-8-6-11(7-9-12)10-15-2/h6-9H,4-5,10H2,1-3H3. The van der Waals surface area contributed by atoms with Crippen molar-refractivity contribution in [1.29, 1.82) is 0 Å². The highest BCUT2D eigenvalue weighted by molar-refractivity contribution is 6.00. The second kappa shape index (κ2) is 7.01. The highest BCUT2D eigenvalue weighted by atomic mass is 16.6. The molecule has 88 valence electrons. The number of hydrogen-bond donors (Lipinski definition) is 0. The van der Waals surface area contributed by atoms with E-state index in [2.05, 4.69) is 36.3 Å². The topological polar surface area (TPSA) is 30.8 Å². The Morgan fingerprint density at radius 3 is 2.38 bits per heavy atom. The van der Waals surface area contributed by atoms with Crippen LogP contribution in [0.3, 0.4) is 0 Å². The van der Waals surface area contributed by atoms with Crippen LogP contribution in [0.25, 0.3) is 0 Å². The van der Waals surface area contributed by atoms with Gasteiger partial charge in [0.15, 0.2) is 0 Å². The highest BCUT2D eigenvalue weighted by Crippen LogP contribution is 2.10. The number of nitrogens with zero attached hydrogens (tertiary/aromatic N) is 1. The van der Waals surface area contributed by atoms with Gasteiger partial charge in [-0.3, -0.25) is 0 Å². The lowest BCUT2D eigenvalue weighted by atomic mass is 10.0. The van der Waals surface area contributed by atoms with Gasteiger partial charge in [-0.05, 0) is 17.5 Å². The summed E-state index contributed by atoms with van der Waals surface area (Å²) in [6.45, 7) is 2.77. The lowest BCUT2D eigenvalue weighted by Gasteiger charge is -2.05. The molecule has 1 rings (SSSR count). The number of methoxy groups -OCH3 is 1. The Balaban J connectivity index is 2.81. The summed E-state index contributed by atoms with van der Waals surface area (Å²) in [6, 6.07) is 8.23. The molecule has 0 fully saturated rings. The van der Waals surface area contributed by atoms with Gasteiger partial charge in [0.1, 0.15) is 7.11 Å². The van der Waals surface area contributed by atoms with Gasteiger partial charge in [0.25, 0.3) is 0 Å². The van der Waals surface area contributed by atoms with Crippen LogP contribution in [0, 0.1) is 0 Å². The fourth-order valence-electron chi connectivity index (χ4n) is 1.55. The Hall–Kier alpha value is -1.35. The molecule has 0 aliphatic rings. The van der Waals surface area contributed by atoms with E-state index in [1.807, 2.05) is 0 Å². The first-order valence-corrected chi connectivity index (χ1v) is 5.50. The predicted octanol–water partition coefficient (Wildman–Crippen LogP) is 2.98. The van der Waals surface area contributed by atoms with Gasteiger partial charge >= 0.3 is 0 Å². The van der Waals surface area contributed by atoms with E-state index in [0.717, 1.165) is 24.1 Å². The molecule has 0 amide bonds. The molecule has 0 aliphatic carbocycles. The predicted molar refractivity (Wildman–Crippen MR) is 65.6 cm³/mol. The molecule has 1 aromatic carbocycles. The zero-order valence-electron chi connectivity index (χ0n) is 10.2. The largest absolute Gasteiger partial charge is 0.399 e. The third-order valence-electron chi connectivity index (χ3n) is 2.29. The molecule has 0 N–H and O–H groups in total. The van der Waals surface area contributed by atoms with Crippen molar-refractivity contribution < 1.29 is 9.57 Å². The molecule has 0 aromatic heterocycles. The molecule has 0 atom stereocenters. The second-order valence-electron chi connectivity index (χ2n) is 3.60. The van der Waals surface area contributed by atoms with Crippen molar-refractivity contribution in [3.63, 3.8) is 0 Å². The normalized spacial score (nSPS) is 11.6. The molecule has 3 heteroatoms. The van der Waals surface area contributed by atoms with Crippen molar-refractivity contribution in [3.05, 3.63) is 35.4 Å². The van der Waals surface area contributed by atoms with Crippen LogP contribution in [0.15, 0.2) is 29.4 Å². The minimum Gasteiger partial charge on any atom is -0.399 e. The van der Waals surface area contributed by atoms with Crippen molar-refractivity contribution >= 4 is 5.71 Å². The molecule has 3 nitrogen and oxygen atoms in total. The van der Waals surface area contributed by atoms with Gasteiger partial charge < -0.3 is 9.57 Å². The third-order valence-corrected chi connectivity index (χ3v) is 2.29. The Bertz CT molecular complexity index is 330. The Kier molecular flexibility index (Phi) is 5.57. The van der Waals surface area contributed by atoms with Crippen LogP contribution in [0.1, 0.15) is 30.9 Å². The molecule has 0 heterocycles. The van der Waals surface area contributed by atoms with Crippen molar-refractivity contribution in [2.24, 2.45) is 5.16 Å². The zero-order chi connectivity index (χ0) is 11.8. The van der Waals surface area contributed by atoms with Gasteiger partial charge in [-0.15, -0.1) is 0 Å². The Morgan fingerprint density at radius 2 is 1.88 bits per heavy atom. The van der Waals surface area contributed by atoms with E-state index in [1.165, 1.54) is 5.56 Å². The number of rotatable bonds is 6. The number of oxime groups is 1. The maximum Gasteiger partial charge on any atom is 0.106 e. The highest BCUT2D eigenvalue weighted by Gasteiger charge is 2.03. The minimum atomic E-state index is 0.644. The van der Waals surface area contributed by atoms with E-state index < -0.39 is 0 Å². The van der Waals surface area contributed by atoms with Crippen LogP contribution in [-0.2, 0) is 16.2 Å². The summed E-state index contributed by atoms with van der Waals surface area (Å²) >= 11 is 0. The molecule has 1 aromatic rings. The average Bonchev–Trinajstić information content (AvgIpc) is 2.30. The summed E-state index contributed by atoms with van der Waals surface area (Å²) in [5.41, 5.74) is 3.28. The van der Waals surface area contributed by atoms with Gasteiger partial charge in [-0.25, -0.2) is 0 Å². The SMILES string of the molecule is CCCC(=NOC)c1ccc(COC)cc1. The van der Waals surface area contributed by atoms with Crippen LogP contribution in [0.5, 0.6) is 0 Å². The van der Waals surface area contributed by atoms with Gasteiger partial charge in [-0.1, -0.05) is 42.8 Å². The van der Waals surface area contributed by atoms with E-state index in [0.29, 0.717) is 6.61 Å². The average molecular weight is 221 g/mol. The number of ether oxygens (including phenoxy) is 1. The molecule has 0 saturated heterocycles. The quantitative estimate of drug-likeness (QED) is 0.546. The molecule has 0 bridgehead atoms. The lowest BCUT2D eigenvalue weighted by molar-refractivity contribution is 0.185. The number of benzene rings is 1. The van der Waals surface area contributed by atoms with Crippen molar-refractivity contribution in [2.45, 2.75) is 26.4 Å². The van der Waals surface area contributed by atoms with E-state index in [4.69, 9.17) is 9.57 Å². The molecule has 0 aliphatic heterocycles. The maximum absolute atomic E-state index is 5.07. The maximum atomic E-state index is 5.07. The first-order chi connectivity index (χ1) is 7.81. The fraction of sp³-hybridized carbons (Fsp3) is 0.462. The molecule has 0 unspecified atom stereocenters. The summed E-state index contributed by atoms with van der Waals surface area (Å²) in [5, 5.41) is 4.05. The molecule has 16 heavy (non-hydrogen) atoms. The second-order valence-corrected chi connectivity index (χ2v) is 3.60. The summed E-state index contributed by atoms with van der Waals surface area (Å²) in [5.74, 6) is 0. The monoisotopic (exact) mass is 221 g/mol. The smallest absolute Gasteiger partial charge is 0.106 e. The van der Waals surface area contributed by atoms with Crippen LogP contribution in [-0.4, -0.2) is 19.9 Å². The van der Waals surface area contributed by atoms with E-state index in [-0.39, 0.29) is 0 Å². The Labute approximate surface area is 97.1 Å². The fourth-order valence-corrected chi connectivity index (χ4v) is 1.55. The minimum absolute atomic E-state index is 0.644. The van der Waals surface area contributed by atoms with Crippen molar-refractivity contribution in [1.82, 2.24) is 0 Å². The molecular weight excluding hydrogens is 202 g/mol. The summed E-state index contributed by atoms with van der Waals surface area (Å²) < 4.78 is 5.07. The first-order valence-electron chi connectivity index (χ1n) is 5.50. The summed E-state index contributed by atoms with van der Waals surface area (Å²) in [4.78, 5) is 4.85. The van der Waals surface area contributed by atoms with Crippen LogP contribution in [0.2, 0.25) is 0 Å². The zero-order valence-corrected chi connectivity index (χ0v) is 10.2. The van der Waals surface area contributed by atoms with E-state index in [1.54, 1.807) is 14.2 Å². The lowest BCUT2D eigenvalue weighted by Crippen LogP contribution is -2.01. The molecule has 0 spiro atoms. The van der Waals surface area contributed by atoms with Gasteiger partial charge in [0.05, 0.1) is 12.3 Å². The van der Waals surface area contributed by atoms with Crippen molar-refractivity contribution in [2.75, 3.05) is 14.2 Å². The molecule has 0 saturated carbocycles. The van der Waals surface area contributed by atoms with Crippen LogP contribution >= 0.6 is 0 Å². The van der Waals surface area contributed by atoms with Gasteiger partial charge in [-0.2, -0.15) is 0 Å². The van der Waals surface area contributed by atoms with Crippen LogP contribution < -0.4 is 0 Å². The molecular formula is C13H19NO2. The van der Waals surface area contributed by atoms with Crippen LogP contribution in [0.4, 0.5) is 0 Å². The number of hydrogen-bond acceptors (Lipinski definition) is 3. The summed E-state index contributed by atoms with van der Waals surface area (Å²) in [7, 11) is 3.28. The van der Waals surface area contributed by atoms with E-state index >= 15 is 0 Å². The third kappa shape index (κ3) is 3.66. The molecule has 0 radical (unpaired) electrons.